The Hall–Kier alpha value is -1.20. The van der Waals surface area contributed by atoms with E-state index in [4.69, 9.17) is 4.74 Å². The molecule has 0 aliphatic carbocycles. The largest absolute Gasteiger partial charge is 0.381 e. The highest BCUT2D eigenvalue weighted by atomic mass is 32.2. The molecule has 26 heavy (non-hydrogen) atoms. The molecule has 0 bridgehead atoms. The number of aryl methyl sites for hydroxylation is 1. The van der Waals surface area contributed by atoms with Crippen molar-refractivity contribution in [2.45, 2.75) is 49.7 Å². The van der Waals surface area contributed by atoms with Gasteiger partial charge in [-0.1, -0.05) is 24.3 Å². The van der Waals surface area contributed by atoms with Crippen LogP contribution in [0.4, 0.5) is 0 Å². The Labute approximate surface area is 162 Å². The van der Waals surface area contributed by atoms with Gasteiger partial charge in [0.2, 0.25) is 0 Å². The van der Waals surface area contributed by atoms with Crippen LogP contribution in [0.5, 0.6) is 0 Å². The summed E-state index contributed by atoms with van der Waals surface area (Å²) >= 11 is 2.08. The molecule has 0 spiro atoms. The van der Waals surface area contributed by atoms with E-state index >= 15 is 0 Å². The first-order chi connectivity index (χ1) is 12.6. The second-order valence-electron chi connectivity index (χ2n) is 7.89. The van der Waals surface area contributed by atoms with Gasteiger partial charge >= 0.3 is 0 Å². The minimum atomic E-state index is 0.118. The Kier molecular flexibility index (Phi) is 6.51. The van der Waals surface area contributed by atoms with Crippen molar-refractivity contribution in [1.82, 2.24) is 10.6 Å². The highest BCUT2D eigenvalue weighted by Gasteiger charge is 2.36. The van der Waals surface area contributed by atoms with Crippen LogP contribution < -0.4 is 10.6 Å². The van der Waals surface area contributed by atoms with Gasteiger partial charge in [-0.3, -0.25) is 4.99 Å². The number of hydrogen-bond acceptors (Lipinski definition) is 3. The van der Waals surface area contributed by atoms with Crippen molar-refractivity contribution in [3.63, 3.8) is 0 Å². The molecule has 1 atom stereocenters. The molecule has 0 aromatic heterocycles. The molecule has 2 N–H and O–H groups in total. The minimum Gasteiger partial charge on any atom is -0.381 e. The number of benzene rings is 1. The number of rotatable bonds is 5. The topological polar surface area (TPSA) is 45.7 Å². The summed E-state index contributed by atoms with van der Waals surface area (Å²) in [5.41, 5.74) is 2.94. The van der Waals surface area contributed by atoms with Gasteiger partial charge in [-0.05, 0) is 56.4 Å². The van der Waals surface area contributed by atoms with E-state index in [1.807, 2.05) is 7.05 Å². The molecule has 144 valence electrons. The fourth-order valence-corrected chi connectivity index (χ4v) is 5.44. The highest BCUT2D eigenvalue weighted by molar-refractivity contribution is 8.00. The van der Waals surface area contributed by atoms with Gasteiger partial charge in [0.15, 0.2) is 5.96 Å². The molecule has 1 aromatic rings. The van der Waals surface area contributed by atoms with Crippen LogP contribution in [0.2, 0.25) is 0 Å². The van der Waals surface area contributed by atoms with Gasteiger partial charge in [-0.2, -0.15) is 11.8 Å². The van der Waals surface area contributed by atoms with Crippen LogP contribution in [0.15, 0.2) is 29.3 Å². The lowest BCUT2D eigenvalue weighted by Crippen LogP contribution is -2.50. The van der Waals surface area contributed by atoms with Crippen molar-refractivity contribution in [2.24, 2.45) is 4.99 Å². The van der Waals surface area contributed by atoms with E-state index in [0.717, 1.165) is 45.1 Å². The quantitative estimate of drug-likeness (QED) is 0.611. The van der Waals surface area contributed by atoms with Crippen molar-refractivity contribution in [1.29, 1.82) is 0 Å². The second-order valence-corrected chi connectivity index (χ2v) is 9.57. The third-order valence-electron chi connectivity index (χ3n) is 5.91. The van der Waals surface area contributed by atoms with E-state index in [0.29, 0.717) is 4.75 Å². The Balaban J connectivity index is 1.66. The maximum absolute atomic E-state index is 5.67. The van der Waals surface area contributed by atoms with E-state index in [9.17, 15) is 0 Å². The van der Waals surface area contributed by atoms with Crippen LogP contribution in [0.1, 0.15) is 43.7 Å². The zero-order valence-corrected chi connectivity index (χ0v) is 17.3. The van der Waals surface area contributed by atoms with Crippen molar-refractivity contribution < 1.29 is 4.74 Å². The number of aliphatic imine (C=N–C) groups is 1. The summed E-state index contributed by atoms with van der Waals surface area (Å²) < 4.78 is 6.01. The first-order valence-electron chi connectivity index (χ1n) is 9.79. The zero-order chi connectivity index (χ0) is 18.5. The van der Waals surface area contributed by atoms with Crippen LogP contribution in [0, 0.1) is 6.92 Å². The van der Waals surface area contributed by atoms with Crippen LogP contribution in [0.3, 0.4) is 0 Å². The second kappa shape index (κ2) is 8.66. The summed E-state index contributed by atoms with van der Waals surface area (Å²) in [7, 11) is 1.86. The predicted molar refractivity (Wildman–Crippen MR) is 112 cm³/mol. The van der Waals surface area contributed by atoms with Gasteiger partial charge in [0.25, 0.3) is 0 Å². The Bertz CT molecular complexity index is 619. The Morgan fingerprint density at radius 1 is 1.15 bits per heavy atom. The molecule has 3 rings (SSSR count). The molecule has 2 aliphatic heterocycles. The molecule has 1 aromatic carbocycles. The fraction of sp³-hybridized carbons (Fsp3) is 0.667. The first-order valence-corrected chi connectivity index (χ1v) is 10.8. The monoisotopic (exact) mass is 375 g/mol. The average Bonchev–Trinajstić information content (AvgIpc) is 3.10. The molecular weight excluding hydrogens is 342 g/mol. The number of nitrogens with one attached hydrogen (secondary N) is 2. The molecule has 0 saturated carbocycles. The van der Waals surface area contributed by atoms with Crippen molar-refractivity contribution in [3.8, 4) is 0 Å². The van der Waals surface area contributed by atoms with Gasteiger partial charge in [-0.15, -0.1) is 0 Å². The summed E-state index contributed by atoms with van der Waals surface area (Å²) in [4.78, 5) is 4.47. The van der Waals surface area contributed by atoms with Gasteiger partial charge in [0, 0.05) is 43.5 Å². The molecule has 2 aliphatic rings. The van der Waals surface area contributed by atoms with Gasteiger partial charge in [0.1, 0.15) is 0 Å². The van der Waals surface area contributed by atoms with E-state index in [1.165, 1.54) is 29.7 Å². The van der Waals surface area contributed by atoms with Crippen molar-refractivity contribution >= 4 is 17.7 Å². The van der Waals surface area contributed by atoms with E-state index in [-0.39, 0.29) is 5.41 Å². The number of guanidine groups is 1. The summed E-state index contributed by atoms with van der Waals surface area (Å²) in [5.74, 6) is 2.19. The standard InChI is InChI=1S/C21H33N3OS/c1-17-7-4-5-8-18(17)21(10-12-25-13-11-21)16-24-19(22-3)23-15-20(2)9-6-14-26-20/h4-5,7-8H,6,9-16H2,1-3H3,(H2,22,23,24). The third kappa shape index (κ3) is 4.55. The van der Waals surface area contributed by atoms with E-state index in [1.54, 1.807) is 0 Å². The van der Waals surface area contributed by atoms with Gasteiger partial charge < -0.3 is 15.4 Å². The van der Waals surface area contributed by atoms with Crippen molar-refractivity contribution in [3.05, 3.63) is 35.4 Å². The number of nitrogens with zero attached hydrogens (tertiary/aromatic N) is 1. The molecule has 2 fully saturated rings. The molecule has 2 saturated heterocycles. The van der Waals surface area contributed by atoms with Gasteiger partial charge in [0.05, 0.1) is 0 Å². The lowest BCUT2D eigenvalue weighted by molar-refractivity contribution is 0.0512. The van der Waals surface area contributed by atoms with Crippen LogP contribution in [0.25, 0.3) is 0 Å². The summed E-state index contributed by atoms with van der Waals surface area (Å²) in [6.07, 6.45) is 4.71. The fourth-order valence-electron chi connectivity index (χ4n) is 4.19. The van der Waals surface area contributed by atoms with Gasteiger partial charge in [-0.25, -0.2) is 0 Å². The lowest BCUT2D eigenvalue weighted by Gasteiger charge is -2.39. The zero-order valence-electron chi connectivity index (χ0n) is 16.4. The normalized spacial score (nSPS) is 25.9. The molecule has 5 heteroatoms. The summed E-state index contributed by atoms with van der Waals surface area (Å²) in [6.45, 7) is 8.10. The SMILES string of the molecule is CN=C(NCC1(C)CCCS1)NCC1(c2ccccc2C)CCOCC1. The molecule has 0 radical (unpaired) electrons. The maximum atomic E-state index is 5.67. The molecular formula is C21H33N3OS. The number of hydrogen-bond donors (Lipinski definition) is 2. The van der Waals surface area contributed by atoms with Crippen LogP contribution in [-0.2, 0) is 10.2 Å². The van der Waals surface area contributed by atoms with E-state index in [2.05, 4.69) is 65.5 Å². The van der Waals surface area contributed by atoms with Crippen LogP contribution in [-0.4, -0.2) is 49.8 Å². The van der Waals surface area contributed by atoms with Crippen molar-refractivity contribution in [2.75, 3.05) is 39.1 Å². The lowest BCUT2D eigenvalue weighted by atomic mass is 9.72. The third-order valence-corrected chi connectivity index (χ3v) is 7.45. The van der Waals surface area contributed by atoms with Crippen LogP contribution >= 0.6 is 11.8 Å². The highest BCUT2D eigenvalue weighted by Crippen LogP contribution is 2.37. The molecule has 1 unspecified atom stereocenters. The predicted octanol–water partition coefficient (Wildman–Crippen LogP) is 3.49. The minimum absolute atomic E-state index is 0.118. The molecule has 0 amide bonds. The molecule has 2 heterocycles. The number of ether oxygens (including phenoxy) is 1. The smallest absolute Gasteiger partial charge is 0.191 e. The summed E-state index contributed by atoms with van der Waals surface area (Å²) in [6, 6.07) is 8.79. The molecule has 4 nitrogen and oxygen atoms in total. The maximum Gasteiger partial charge on any atom is 0.191 e. The summed E-state index contributed by atoms with van der Waals surface area (Å²) in [5, 5.41) is 7.18. The first kappa shape index (κ1) is 19.6. The average molecular weight is 376 g/mol. The Morgan fingerprint density at radius 2 is 1.88 bits per heavy atom. The number of thioether (sulfide) groups is 1. The Morgan fingerprint density at radius 3 is 2.54 bits per heavy atom. The van der Waals surface area contributed by atoms with E-state index < -0.39 is 0 Å².